The molecule has 0 bridgehead atoms. The van der Waals surface area contributed by atoms with Crippen LogP contribution in [-0.2, 0) is 6.54 Å². The van der Waals surface area contributed by atoms with Crippen LogP contribution in [-0.4, -0.2) is 41.0 Å². The van der Waals surface area contributed by atoms with Gasteiger partial charge in [0.1, 0.15) is 6.17 Å². The molecule has 0 unspecified atom stereocenters. The van der Waals surface area contributed by atoms with E-state index in [0.717, 1.165) is 50.0 Å². The van der Waals surface area contributed by atoms with Gasteiger partial charge in [0, 0.05) is 37.6 Å². The van der Waals surface area contributed by atoms with Crippen molar-refractivity contribution in [3.8, 4) is 0 Å². The Morgan fingerprint density at radius 2 is 2.00 bits per heavy atom. The molecule has 1 saturated heterocycles. The Hall–Kier alpha value is -2.89. The van der Waals surface area contributed by atoms with Gasteiger partial charge < -0.3 is 15.1 Å². The maximum atomic E-state index is 13.0. The second kappa shape index (κ2) is 8.00. The topological polar surface area (TPSA) is 65.5 Å². The van der Waals surface area contributed by atoms with Gasteiger partial charge in [0.15, 0.2) is 0 Å². The molecule has 4 rings (SSSR count). The van der Waals surface area contributed by atoms with Crippen molar-refractivity contribution in [1.29, 1.82) is 0 Å². The smallest absolute Gasteiger partial charge is 0.257 e. The predicted octanol–water partition coefficient (Wildman–Crippen LogP) is 3.19. The SMILES string of the molecule is CCN1c2cc(C(=O)NCc3ccncc3)ccc2C(=O)N2CCCCC[C@H]21. The highest BCUT2D eigenvalue weighted by Gasteiger charge is 2.37. The second-order valence-electron chi connectivity index (χ2n) is 7.38. The van der Waals surface area contributed by atoms with Crippen molar-refractivity contribution < 1.29 is 9.59 Å². The van der Waals surface area contributed by atoms with E-state index in [1.165, 1.54) is 0 Å². The van der Waals surface area contributed by atoms with Crippen molar-refractivity contribution >= 4 is 17.5 Å². The van der Waals surface area contributed by atoms with Gasteiger partial charge in [-0.15, -0.1) is 0 Å². The van der Waals surface area contributed by atoms with Crippen LogP contribution in [0.5, 0.6) is 0 Å². The normalized spacial score (nSPS) is 18.9. The lowest BCUT2D eigenvalue weighted by Crippen LogP contribution is -2.55. The summed E-state index contributed by atoms with van der Waals surface area (Å²) >= 11 is 0. The number of fused-ring (bicyclic) bond motifs is 2. The monoisotopic (exact) mass is 378 g/mol. The van der Waals surface area contributed by atoms with Gasteiger partial charge in [0.25, 0.3) is 11.8 Å². The fraction of sp³-hybridized carbons (Fsp3) is 0.409. The van der Waals surface area contributed by atoms with Gasteiger partial charge in [-0.05, 0) is 62.1 Å². The first-order chi connectivity index (χ1) is 13.7. The summed E-state index contributed by atoms with van der Waals surface area (Å²) < 4.78 is 0. The number of nitrogens with one attached hydrogen (secondary N) is 1. The van der Waals surface area contributed by atoms with E-state index in [-0.39, 0.29) is 18.0 Å². The molecule has 3 heterocycles. The average molecular weight is 378 g/mol. The first kappa shape index (κ1) is 18.5. The largest absolute Gasteiger partial charge is 0.351 e. The number of carbonyl (C=O) groups is 2. The highest BCUT2D eigenvalue weighted by molar-refractivity contribution is 6.04. The van der Waals surface area contributed by atoms with E-state index < -0.39 is 0 Å². The van der Waals surface area contributed by atoms with Crippen LogP contribution in [0.25, 0.3) is 0 Å². The summed E-state index contributed by atoms with van der Waals surface area (Å²) in [5, 5.41) is 2.95. The third kappa shape index (κ3) is 3.46. The Kier molecular flexibility index (Phi) is 5.28. The van der Waals surface area contributed by atoms with Gasteiger partial charge in [-0.25, -0.2) is 0 Å². The maximum absolute atomic E-state index is 13.0. The van der Waals surface area contributed by atoms with Crippen molar-refractivity contribution in [2.45, 2.75) is 45.3 Å². The third-order valence-electron chi connectivity index (χ3n) is 5.68. The van der Waals surface area contributed by atoms with Crippen molar-refractivity contribution in [2.24, 2.45) is 0 Å². The van der Waals surface area contributed by atoms with Crippen LogP contribution < -0.4 is 10.2 Å². The van der Waals surface area contributed by atoms with Crippen LogP contribution >= 0.6 is 0 Å². The second-order valence-corrected chi connectivity index (χ2v) is 7.38. The molecular formula is C22H26N4O2. The quantitative estimate of drug-likeness (QED) is 0.887. The molecule has 28 heavy (non-hydrogen) atoms. The molecule has 2 aromatic rings. The van der Waals surface area contributed by atoms with Crippen LogP contribution in [0.15, 0.2) is 42.7 Å². The predicted molar refractivity (Wildman–Crippen MR) is 108 cm³/mol. The van der Waals surface area contributed by atoms with E-state index in [9.17, 15) is 9.59 Å². The molecule has 0 spiro atoms. The number of benzene rings is 1. The first-order valence-electron chi connectivity index (χ1n) is 10.1. The van der Waals surface area contributed by atoms with E-state index in [2.05, 4.69) is 22.1 Å². The number of hydrogen-bond donors (Lipinski definition) is 1. The Morgan fingerprint density at radius 1 is 1.18 bits per heavy atom. The molecule has 6 nitrogen and oxygen atoms in total. The highest BCUT2D eigenvalue weighted by Crippen LogP contribution is 2.35. The molecule has 2 amide bonds. The number of hydrogen-bond acceptors (Lipinski definition) is 4. The zero-order valence-electron chi connectivity index (χ0n) is 16.2. The lowest BCUT2D eigenvalue weighted by Gasteiger charge is -2.44. The fourth-order valence-corrected chi connectivity index (χ4v) is 4.22. The molecule has 0 aliphatic carbocycles. The van der Waals surface area contributed by atoms with E-state index in [1.807, 2.05) is 29.2 Å². The number of amides is 2. The number of rotatable bonds is 4. The van der Waals surface area contributed by atoms with E-state index in [4.69, 9.17) is 0 Å². The zero-order valence-corrected chi connectivity index (χ0v) is 16.2. The van der Waals surface area contributed by atoms with Gasteiger partial charge in [0.2, 0.25) is 0 Å². The minimum Gasteiger partial charge on any atom is -0.351 e. The molecule has 6 heteroatoms. The van der Waals surface area contributed by atoms with Crippen LogP contribution in [0.3, 0.4) is 0 Å². The van der Waals surface area contributed by atoms with Crippen LogP contribution in [0, 0.1) is 0 Å². The molecule has 1 aromatic heterocycles. The van der Waals surface area contributed by atoms with Crippen LogP contribution in [0.1, 0.15) is 58.9 Å². The molecule has 0 radical (unpaired) electrons. The highest BCUT2D eigenvalue weighted by atomic mass is 16.2. The lowest BCUT2D eigenvalue weighted by molar-refractivity contribution is 0.0656. The molecular weight excluding hydrogens is 352 g/mol. The van der Waals surface area contributed by atoms with Gasteiger partial charge in [-0.3, -0.25) is 14.6 Å². The average Bonchev–Trinajstić information content (AvgIpc) is 2.99. The van der Waals surface area contributed by atoms with Crippen LogP contribution in [0.2, 0.25) is 0 Å². The Balaban J connectivity index is 1.59. The van der Waals surface area contributed by atoms with E-state index in [0.29, 0.717) is 17.7 Å². The van der Waals surface area contributed by atoms with Gasteiger partial charge in [-0.1, -0.05) is 6.42 Å². The summed E-state index contributed by atoms with van der Waals surface area (Å²) in [7, 11) is 0. The van der Waals surface area contributed by atoms with Crippen molar-refractivity contribution in [1.82, 2.24) is 15.2 Å². The van der Waals surface area contributed by atoms with Gasteiger partial charge in [-0.2, -0.15) is 0 Å². The molecule has 1 aromatic carbocycles. The van der Waals surface area contributed by atoms with Crippen molar-refractivity contribution in [2.75, 3.05) is 18.0 Å². The molecule has 1 fully saturated rings. The minimum atomic E-state index is -0.133. The number of aromatic nitrogens is 1. The van der Waals surface area contributed by atoms with E-state index in [1.54, 1.807) is 18.5 Å². The summed E-state index contributed by atoms with van der Waals surface area (Å²) in [4.78, 5) is 34.0. The summed E-state index contributed by atoms with van der Waals surface area (Å²) in [6, 6.07) is 9.20. The lowest BCUT2D eigenvalue weighted by atomic mass is 10.0. The fourth-order valence-electron chi connectivity index (χ4n) is 4.22. The third-order valence-corrected chi connectivity index (χ3v) is 5.68. The van der Waals surface area contributed by atoms with Gasteiger partial charge in [0.05, 0.1) is 11.3 Å². The Morgan fingerprint density at radius 3 is 2.79 bits per heavy atom. The molecule has 2 aliphatic heterocycles. The van der Waals surface area contributed by atoms with Crippen molar-refractivity contribution in [3.05, 3.63) is 59.4 Å². The molecule has 146 valence electrons. The summed E-state index contributed by atoms with van der Waals surface area (Å²) in [5.41, 5.74) is 3.17. The van der Waals surface area contributed by atoms with E-state index >= 15 is 0 Å². The zero-order chi connectivity index (χ0) is 19.5. The number of anilines is 1. The number of pyridine rings is 1. The molecule has 1 N–H and O–H groups in total. The summed E-state index contributed by atoms with van der Waals surface area (Å²) in [5.74, 6) is -0.0400. The number of carbonyl (C=O) groups excluding carboxylic acids is 2. The first-order valence-corrected chi connectivity index (χ1v) is 10.1. The van der Waals surface area contributed by atoms with Crippen molar-refractivity contribution in [3.63, 3.8) is 0 Å². The Bertz CT molecular complexity index is 868. The van der Waals surface area contributed by atoms with Crippen LogP contribution in [0.4, 0.5) is 5.69 Å². The molecule has 0 saturated carbocycles. The molecule has 2 aliphatic rings. The standard InChI is InChI=1S/C22H26N4O2/c1-2-25-19-14-17(21(27)24-15-16-9-11-23-12-10-16)7-8-18(19)22(28)26-13-5-3-4-6-20(25)26/h7-12,14,20H,2-6,13,15H2,1H3,(H,24,27)/t20-/m0/s1. The van der Waals surface area contributed by atoms with Gasteiger partial charge >= 0.3 is 0 Å². The number of nitrogens with zero attached hydrogens (tertiary/aromatic N) is 3. The maximum Gasteiger partial charge on any atom is 0.257 e. The minimum absolute atomic E-state index is 0.0929. The molecule has 1 atom stereocenters. The summed E-state index contributed by atoms with van der Waals surface area (Å²) in [6.07, 6.45) is 7.86. The summed E-state index contributed by atoms with van der Waals surface area (Å²) in [6.45, 7) is 4.18. The Labute approximate surface area is 165 Å².